The molecule has 6 heteroatoms. The summed E-state index contributed by atoms with van der Waals surface area (Å²) in [5, 5.41) is 5.19. The van der Waals surface area contributed by atoms with Gasteiger partial charge in [-0.05, 0) is 31.0 Å². The second kappa shape index (κ2) is 4.78. The predicted molar refractivity (Wildman–Crippen MR) is 73.6 cm³/mol. The highest BCUT2D eigenvalue weighted by molar-refractivity contribution is 7.89. The van der Waals surface area contributed by atoms with Crippen LogP contribution in [0.1, 0.15) is 12.8 Å². The first-order valence-electron chi connectivity index (χ1n) is 5.99. The van der Waals surface area contributed by atoms with Crippen molar-refractivity contribution >= 4 is 21.4 Å². The van der Waals surface area contributed by atoms with Gasteiger partial charge in [0.1, 0.15) is 0 Å². The lowest BCUT2D eigenvalue weighted by molar-refractivity contribution is 0.598. The first-order valence-corrected chi connectivity index (χ1v) is 7.53. The monoisotopic (exact) mass is 269 g/mol. The quantitative estimate of drug-likeness (QED) is 0.889. The number of rotatable bonds is 3. The Labute approximate surface area is 108 Å². The largest absolute Gasteiger partial charge is 0.376 e. The molecule has 100 valence electrons. The van der Waals surface area contributed by atoms with E-state index in [1.165, 1.54) is 0 Å². The molecule has 0 spiro atoms. The number of hydrogen-bond acceptors (Lipinski definition) is 4. The number of benzene rings is 1. The van der Waals surface area contributed by atoms with Crippen LogP contribution in [0.25, 0.3) is 0 Å². The van der Waals surface area contributed by atoms with Gasteiger partial charge in [0.05, 0.1) is 16.3 Å². The molecule has 0 bridgehead atoms. The van der Waals surface area contributed by atoms with Gasteiger partial charge in [0.15, 0.2) is 0 Å². The van der Waals surface area contributed by atoms with Gasteiger partial charge >= 0.3 is 0 Å². The fourth-order valence-electron chi connectivity index (χ4n) is 2.27. The van der Waals surface area contributed by atoms with E-state index >= 15 is 0 Å². The molecular weight excluding hydrogens is 250 g/mol. The van der Waals surface area contributed by atoms with Crippen molar-refractivity contribution in [1.82, 2.24) is 0 Å². The highest BCUT2D eigenvalue weighted by Crippen LogP contribution is 2.32. The Morgan fingerprint density at radius 2 is 1.83 bits per heavy atom. The van der Waals surface area contributed by atoms with Gasteiger partial charge in [0.25, 0.3) is 0 Å². The minimum absolute atomic E-state index is 0.176. The van der Waals surface area contributed by atoms with Crippen molar-refractivity contribution in [3.8, 4) is 0 Å². The zero-order valence-corrected chi connectivity index (χ0v) is 11.6. The highest BCUT2D eigenvalue weighted by Gasteiger charge is 2.19. The van der Waals surface area contributed by atoms with Crippen LogP contribution < -0.4 is 14.9 Å². The summed E-state index contributed by atoms with van der Waals surface area (Å²) in [5.74, 6) is 0. The topological polar surface area (TPSA) is 66.6 Å². The normalized spacial score (nSPS) is 16.1. The summed E-state index contributed by atoms with van der Waals surface area (Å²) < 4.78 is 22.9. The first-order chi connectivity index (χ1) is 8.39. The molecule has 18 heavy (non-hydrogen) atoms. The van der Waals surface area contributed by atoms with E-state index in [0.717, 1.165) is 37.3 Å². The van der Waals surface area contributed by atoms with Crippen molar-refractivity contribution in [2.45, 2.75) is 17.7 Å². The van der Waals surface area contributed by atoms with Crippen molar-refractivity contribution in [3.05, 3.63) is 18.2 Å². The standard InChI is InChI=1S/C12H19N3O2S/c1-14(2)11-6-5-10(18(13,16)17)9-12(11)15-7-3-4-8-15/h5-6,9H,3-4,7-8H2,1-2H3,(H2,13,16,17). The van der Waals surface area contributed by atoms with Crippen LogP contribution in [0.5, 0.6) is 0 Å². The third kappa shape index (κ3) is 2.59. The van der Waals surface area contributed by atoms with Crippen molar-refractivity contribution in [2.75, 3.05) is 37.0 Å². The lowest BCUT2D eigenvalue weighted by Crippen LogP contribution is -2.22. The third-order valence-electron chi connectivity index (χ3n) is 3.20. The molecule has 1 aromatic carbocycles. The Morgan fingerprint density at radius 1 is 1.22 bits per heavy atom. The fourth-order valence-corrected chi connectivity index (χ4v) is 2.80. The lowest BCUT2D eigenvalue weighted by Gasteiger charge is -2.25. The van der Waals surface area contributed by atoms with E-state index < -0.39 is 10.0 Å². The predicted octanol–water partition coefficient (Wildman–Crippen LogP) is 1.00. The number of nitrogens with two attached hydrogens (primary N) is 1. The molecule has 1 heterocycles. The molecule has 0 aliphatic carbocycles. The van der Waals surface area contributed by atoms with Crippen LogP contribution in [0.2, 0.25) is 0 Å². The van der Waals surface area contributed by atoms with Crippen LogP contribution in [0.4, 0.5) is 11.4 Å². The Hall–Kier alpha value is -1.27. The van der Waals surface area contributed by atoms with E-state index in [0.29, 0.717) is 0 Å². The van der Waals surface area contributed by atoms with Crippen molar-refractivity contribution in [3.63, 3.8) is 0 Å². The molecule has 2 rings (SSSR count). The summed E-state index contributed by atoms with van der Waals surface area (Å²) >= 11 is 0. The molecule has 1 aliphatic heterocycles. The van der Waals surface area contributed by atoms with Crippen LogP contribution in [-0.4, -0.2) is 35.6 Å². The van der Waals surface area contributed by atoms with Crippen molar-refractivity contribution in [2.24, 2.45) is 5.14 Å². The maximum absolute atomic E-state index is 11.4. The molecule has 1 aromatic rings. The molecule has 1 fully saturated rings. The van der Waals surface area contributed by atoms with E-state index in [2.05, 4.69) is 4.90 Å². The van der Waals surface area contributed by atoms with E-state index in [9.17, 15) is 8.42 Å². The summed E-state index contributed by atoms with van der Waals surface area (Å²) in [6, 6.07) is 5.05. The Balaban J connectivity index is 2.50. The van der Waals surface area contributed by atoms with Gasteiger partial charge in [-0.3, -0.25) is 0 Å². The molecule has 2 N–H and O–H groups in total. The van der Waals surface area contributed by atoms with Gasteiger partial charge < -0.3 is 9.80 Å². The van der Waals surface area contributed by atoms with E-state index in [4.69, 9.17) is 5.14 Å². The van der Waals surface area contributed by atoms with Crippen molar-refractivity contribution < 1.29 is 8.42 Å². The summed E-state index contributed by atoms with van der Waals surface area (Å²) in [5.41, 5.74) is 1.97. The van der Waals surface area contributed by atoms with Crippen LogP contribution in [0.3, 0.4) is 0 Å². The highest BCUT2D eigenvalue weighted by atomic mass is 32.2. The third-order valence-corrected chi connectivity index (χ3v) is 4.11. The van der Waals surface area contributed by atoms with Crippen molar-refractivity contribution in [1.29, 1.82) is 0 Å². The average molecular weight is 269 g/mol. The first kappa shape index (κ1) is 13.2. The molecule has 0 unspecified atom stereocenters. The summed E-state index contributed by atoms with van der Waals surface area (Å²) in [6.07, 6.45) is 2.29. The van der Waals surface area contributed by atoms with E-state index in [1.54, 1.807) is 12.1 Å². The Morgan fingerprint density at radius 3 is 2.33 bits per heavy atom. The van der Waals surface area contributed by atoms with E-state index in [-0.39, 0.29) is 4.90 Å². The maximum Gasteiger partial charge on any atom is 0.238 e. The zero-order chi connectivity index (χ0) is 13.3. The molecule has 0 saturated carbocycles. The second-order valence-corrected chi connectivity index (χ2v) is 6.35. The molecule has 5 nitrogen and oxygen atoms in total. The van der Waals surface area contributed by atoms with Gasteiger partial charge in [0.2, 0.25) is 10.0 Å². The zero-order valence-electron chi connectivity index (χ0n) is 10.8. The van der Waals surface area contributed by atoms with Crippen LogP contribution in [0.15, 0.2) is 23.1 Å². The number of hydrogen-bond donors (Lipinski definition) is 1. The molecule has 1 aliphatic rings. The smallest absolute Gasteiger partial charge is 0.238 e. The van der Waals surface area contributed by atoms with E-state index in [1.807, 2.05) is 25.1 Å². The van der Waals surface area contributed by atoms with Gasteiger partial charge in [-0.2, -0.15) is 0 Å². The molecule has 1 saturated heterocycles. The van der Waals surface area contributed by atoms with Crippen LogP contribution in [0, 0.1) is 0 Å². The number of sulfonamides is 1. The number of anilines is 2. The second-order valence-electron chi connectivity index (χ2n) is 4.78. The molecule has 0 atom stereocenters. The summed E-state index contributed by atoms with van der Waals surface area (Å²) in [6.45, 7) is 1.93. The van der Waals surface area contributed by atoms with Gasteiger partial charge in [-0.15, -0.1) is 0 Å². The molecular formula is C12H19N3O2S. The summed E-state index contributed by atoms with van der Waals surface area (Å²) in [7, 11) is 0.257. The van der Waals surface area contributed by atoms with Crippen LogP contribution >= 0.6 is 0 Å². The van der Waals surface area contributed by atoms with Gasteiger partial charge in [0, 0.05) is 27.2 Å². The lowest BCUT2D eigenvalue weighted by atomic mass is 10.2. The molecule has 0 amide bonds. The molecule has 0 radical (unpaired) electrons. The fraction of sp³-hybridized carbons (Fsp3) is 0.500. The minimum atomic E-state index is -3.64. The van der Waals surface area contributed by atoms with Gasteiger partial charge in [-0.25, -0.2) is 13.6 Å². The summed E-state index contributed by atoms with van der Waals surface area (Å²) in [4.78, 5) is 4.37. The number of nitrogens with zero attached hydrogens (tertiary/aromatic N) is 2. The Kier molecular flexibility index (Phi) is 3.49. The minimum Gasteiger partial charge on any atom is -0.376 e. The van der Waals surface area contributed by atoms with Crippen LogP contribution in [-0.2, 0) is 10.0 Å². The SMILES string of the molecule is CN(C)c1ccc(S(N)(=O)=O)cc1N1CCCC1. The van der Waals surface area contributed by atoms with Gasteiger partial charge in [-0.1, -0.05) is 0 Å². The Bertz CT molecular complexity index is 534. The molecule has 0 aromatic heterocycles. The average Bonchev–Trinajstić information content (AvgIpc) is 2.80. The maximum atomic E-state index is 11.4. The number of primary sulfonamides is 1.